The summed E-state index contributed by atoms with van der Waals surface area (Å²) in [4.78, 5) is 0. The first-order chi connectivity index (χ1) is 17.0. The van der Waals surface area contributed by atoms with Gasteiger partial charge in [-0.3, -0.25) is 0 Å². The summed E-state index contributed by atoms with van der Waals surface area (Å²) in [5.41, 5.74) is 0.462. The van der Waals surface area contributed by atoms with E-state index < -0.39 is 0 Å². The third-order valence-electron chi connectivity index (χ3n) is 11.4. The Morgan fingerprint density at radius 1 is 0.778 bits per heavy atom. The van der Waals surface area contributed by atoms with Crippen LogP contribution in [-0.2, 0) is 0 Å². The van der Waals surface area contributed by atoms with Crippen molar-refractivity contribution in [2.24, 2.45) is 64.6 Å². The van der Waals surface area contributed by atoms with E-state index in [9.17, 15) is 0 Å². The van der Waals surface area contributed by atoms with Crippen molar-refractivity contribution in [2.45, 2.75) is 167 Å². The predicted octanol–water partition coefficient (Wildman–Crippen LogP) is 12.5. The van der Waals surface area contributed by atoms with Gasteiger partial charge in [0.1, 0.15) is 0 Å². The minimum Gasteiger partial charge on any atom is -0.0683 e. The Balaban J connectivity index is 0.000000623. The van der Waals surface area contributed by atoms with Gasteiger partial charge in [0.15, 0.2) is 0 Å². The molecule has 36 heavy (non-hydrogen) atoms. The minimum absolute atomic E-state index is 0.462. The Labute approximate surface area is 231 Å². The quantitative estimate of drug-likeness (QED) is 0.293. The second kappa shape index (κ2) is 16.9. The maximum atomic E-state index is 2.62. The first-order valence-electron chi connectivity index (χ1n) is 17.0. The van der Waals surface area contributed by atoms with Crippen LogP contribution in [0.25, 0.3) is 0 Å². The highest BCUT2D eigenvalue weighted by Crippen LogP contribution is 2.51. The Kier molecular flexibility index (Phi) is 15.9. The van der Waals surface area contributed by atoms with Crippen molar-refractivity contribution >= 4 is 0 Å². The van der Waals surface area contributed by atoms with Crippen molar-refractivity contribution in [3.8, 4) is 0 Å². The Morgan fingerprint density at radius 3 is 1.75 bits per heavy atom. The summed E-state index contributed by atoms with van der Waals surface area (Å²) >= 11 is 0. The van der Waals surface area contributed by atoms with Gasteiger partial charge in [0.2, 0.25) is 0 Å². The molecular formula is C36H72. The molecule has 3 aliphatic rings. The molecule has 0 nitrogen and oxygen atoms in total. The van der Waals surface area contributed by atoms with Crippen LogP contribution in [0.1, 0.15) is 167 Å². The molecule has 0 aromatic heterocycles. The molecule has 3 saturated carbocycles. The largest absolute Gasteiger partial charge is 0.0683 e. The molecule has 0 saturated heterocycles. The molecule has 7 unspecified atom stereocenters. The molecule has 0 heterocycles. The first kappa shape index (κ1) is 34.0. The lowest BCUT2D eigenvalue weighted by Crippen LogP contribution is -2.34. The van der Waals surface area contributed by atoms with E-state index in [0.29, 0.717) is 5.41 Å². The van der Waals surface area contributed by atoms with Gasteiger partial charge in [0.05, 0.1) is 0 Å². The van der Waals surface area contributed by atoms with Gasteiger partial charge in [0.25, 0.3) is 0 Å². The van der Waals surface area contributed by atoms with E-state index in [1.54, 1.807) is 25.7 Å². The van der Waals surface area contributed by atoms with E-state index in [-0.39, 0.29) is 0 Å². The molecule has 0 bridgehead atoms. The number of hydrogen-bond acceptors (Lipinski definition) is 0. The summed E-state index contributed by atoms with van der Waals surface area (Å²) in [6.45, 7) is 28.3. The SMILES string of the molecule is CC.CC1CC2CC(CCC(C)C3CCCC(C)C3CC(C)C(C)(C)C)CC2C1.CCC(CC)CC. The van der Waals surface area contributed by atoms with Crippen LogP contribution in [0.5, 0.6) is 0 Å². The van der Waals surface area contributed by atoms with E-state index in [1.807, 2.05) is 13.8 Å². The van der Waals surface area contributed by atoms with Crippen LogP contribution >= 0.6 is 0 Å². The summed E-state index contributed by atoms with van der Waals surface area (Å²) < 4.78 is 0. The van der Waals surface area contributed by atoms with Gasteiger partial charge in [-0.15, -0.1) is 0 Å². The maximum absolute atomic E-state index is 2.62. The molecule has 0 radical (unpaired) electrons. The van der Waals surface area contributed by atoms with Crippen LogP contribution in [0.4, 0.5) is 0 Å². The van der Waals surface area contributed by atoms with Crippen molar-refractivity contribution in [3.05, 3.63) is 0 Å². The van der Waals surface area contributed by atoms with Crippen molar-refractivity contribution in [2.75, 3.05) is 0 Å². The molecule has 0 N–H and O–H groups in total. The second-order valence-corrected chi connectivity index (χ2v) is 14.8. The van der Waals surface area contributed by atoms with Gasteiger partial charge in [-0.1, -0.05) is 128 Å². The summed E-state index contributed by atoms with van der Waals surface area (Å²) in [6.07, 6.45) is 19.3. The maximum Gasteiger partial charge on any atom is -0.0355 e. The normalized spacial score (nSPS) is 33.8. The van der Waals surface area contributed by atoms with E-state index in [1.165, 1.54) is 57.8 Å². The topological polar surface area (TPSA) is 0 Å². The Hall–Kier alpha value is 0. The van der Waals surface area contributed by atoms with E-state index in [0.717, 1.165) is 59.2 Å². The van der Waals surface area contributed by atoms with Gasteiger partial charge in [-0.05, 0) is 103 Å². The fourth-order valence-corrected chi connectivity index (χ4v) is 8.26. The Bertz CT molecular complexity index is 517. The molecule has 7 atom stereocenters. The molecule has 0 spiro atoms. The molecule has 0 aliphatic heterocycles. The molecule has 0 amide bonds. The highest BCUT2D eigenvalue weighted by atomic mass is 14.5. The zero-order chi connectivity index (χ0) is 27.5. The molecule has 3 aliphatic carbocycles. The molecular weight excluding hydrogens is 432 g/mol. The van der Waals surface area contributed by atoms with Crippen LogP contribution in [-0.4, -0.2) is 0 Å². The van der Waals surface area contributed by atoms with Crippen molar-refractivity contribution in [1.82, 2.24) is 0 Å². The summed E-state index contributed by atoms with van der Waals surface area (Å²) in [6, 6.07) is 0. The van der Waals surface area contributed by atoms with Crippen LogP contribution in [0.15, 0.2) is 0 Å². The molecule has 0 aromatic rings. The molecule has 0 heteroatoms. The third kappa shape index (κ3) is 10.6. The number of fused-ring (bicyclic) bond motifs is 1. The lowest BCUT2D eigenvalue weighted by Gasteiger charge is -2.43. The van der Waals surface area contributed by atoms with Crippen LogP contribution in [0.3, 0.4) is 0 Å². The minimum atomic E-state index is 0.462. The smallest absolute Gasteiger partial charge is 0.0355 e. The highest BCUT2D eigenvalue weighted by Gasteiger charge is 2.41. The molecule has 3 fully saturated rings. The molecule has 216 valence electrons. The monoisotopic (exact) mass is 505 g/mol. The fourth-order valence-electron chi connectivity index (χ4n) is 8.26. The highest BCUT2D eigenvalue weighted by molar-refractivity contribution is 4.91. The third-order valence-corrected chi connectivity index (χ3v) is 11.4. The van der Waals surface area contributed by atoms with Crippen molar-refractivity contribution in [1.29, 1.82) is 0 Å². The fraction of sp³-hybridized carbons (Fsp3) is 1.00. The van der Waals surface area contributed by atoms with Gasteiger partial charge in [0, 0.05) is 0 Å². The summed E-state index contributed by atoms with van der Waals surface area (Å²) in [5.74, 6) is 10.0. The average Bonchev–Trinajstić information content (AvgIpc) is 3.38. The first-order valence-corrected chi connectivity index (χ1v) is 17.0. The average molecular weight is 505 g/mol. The standard InChI is InChI=1S/C27H50.C7H16.C2H6/c1-18-13-23-16-22(17-24(23)14-18)12-11-20(3)25-10-8-9-19(2)26(25)15-21(4)27(5,6)7;1-4-7(5-2)6-3;1-2/h18-26H,8-17H2,1-7H3;7H,4-6H2,1-3H3;1-2H3. The van der Waals surface area contributed by atoms with Crippen LogP contribution in [0, 0.1) is 64.6 Å². The van der Waals surface area contributed by atoms with Gasteiger partial charge < -0.3 is 0 Å². The zero-order valence-corrected chi connectivity index (χ0v) is 27.5. The summed E-state index contributed by atoms with van der Waals surface area (Å²) in [7, 11) is 0. The van der Waals surface area contributed by atoms with Gasteiger partial charge >= 0.3 is 0 Å². The number of rotatable bonds is 9. The van der Waals surface area contributed by atoms with Gasteiger partial charge in [-0.2, -0.15) is 0 Å². The predicted molar refractivity (Wildman–Crippen MR) is 165 cm³/mol. The zero-order valence-electron chi connectivity index (χ0n) is 27.5. The van der Waals surface area contributed by atoms with E-state index in [4.69, 9.17) is 0 Å². The van der Waals surface area contributed by atoms with Crippen molar-refractivity contribution in [3.63, 3.8) is 0 Å². The molecule has 0 aromatic carbocycles. The van der Waals surface area contributed by atoms with E-state index in [2.05, 4.69) is 69.2 Å². The van der Waals surface area contributed by atoms with Gasteiger partial charge in [-0.25, -0.2) is 0 Å². The van der Waals surface area contributed by atoms with Crippen LogP contribution in [0.2, 0.25) is 0 Å². The lowest BCUT2D eigenvalue weighted by atomic mass is 9.62. The molecule has 3 rings (SSSR count). The Morgan fingerprint density at radius 2 is 1.31 bits per heavy atom. The second-order valence-electron chi connectivity index (χ2n) is 14.8. The number of hydrogen-bond donors (Lipinski definition) is 0. The van der Waals surface area contributed by atoms with Crippen molar-refractivity contribution < 1.29 is 0 Å². The van der Waals surface area contributed by atoms with Crippen LogP contribution < -0.4 is 0 Å². The van der Waals surface area contributed by atoms with E-state index >= 15 is 0 Å². The summed E-state index contributed by atoms with van der Waals surface area (Å²) in [5, 5.41) is 0. The lowest BCUT2D eigenvalue weighted by molar-refractivity contribution is 0.0677.